The van der Waals surface area contributed by atoms with Gasteiger partial charge >= 0.3 is 11.9 Å². The van der Waals surface area contributed by atoms with Crippen LogP contribution in [0.2, 0.25) is 0 Å². The zero-order valence-electron chi connectivity index (χ0n) is 8.48. The number of hydrogen-bond donors (Lipinski definition) is 3. The van der Waals surface area contributed by atoms with Crippen LogP contribution in [0.4, 0.5) is 5.69 Å². The smallest absolute Gasteiger partial charge is 0.395 e. The van der Waals surface area contributed by atoms with Crippen molar-refractivity contribution in [1.29, 1.82) is 0 Å². The fourth-order valence-electron chi connectivity index (χ4n) is 0.941. The second kappa shape index (κ2) is 5.24. The molecule has 0 saturated carbocycles. The van der Waals surface area contributed by atoms with Crippen molar-refractivity contribution >= 4 is 59.4 Å². The third kappa shape index (κ3) is 3.21. The van der Waals surface area contributed by atoms with Crippen molar-refractivity contribution in [3.8, 4) is 0 Å². The summed E-state index contributed by atoms with van der Waals surface area (Å²) in [4.78, 5) is 20.8. The second-order valence-corrected chi connectivity index (χ2v) is 6.43. The van der Waals surface area contributed by atoms with E-state index in [1.54, 1.807) is 0 Å². The SMILES string of the molecule is Nc1c(Br)cc(S(=O)(=O)NC(=O)C(=O)O)cc1Br. The Bertz CT molecular complexity index is 605. The van der Waals surface area contributed by atoms with Gasteiger partial charge in [0.25, 0.3) is 10.0 Å². The van der Waals surface area contributed by atoms with Crippen molar-refractivity contribution < 1.29 is 23.1 Å². The second-order valence-electron chi connectivity index (χ2n) is 3.04. The Hall–Kier alpha value is -1.13. The van der Waals surface area contributed by atoms with Crippen molar-refractivity contribution in [3.63, 3.8) is 0 Å². The van der Waals surface area contributed by atoms with Crippen LogP contribution in [0, 0.1) is 0 Å². The first-order valence-corrected chi connectivity index (χ1v) is 7.26. The molecule has 0 aliphatic carbocycles. The summed E-state index contributed by atoms with van der Waals surface area (Å²) >= 11 is 6.07. The molecule has 0 spiro atoms. The number of hydrogen-bond acceptors (Lipinski definition) is 5. The molecule has 4 N–H and O–H groups in total. The van der Waals surface area contributed by atoms with E-state index in [1.165, 1.54) is 4.72 Å². The molecule has 0 bridgehead atoms. The molecule has 1 rings (SSSR count). The number of carbonyl (C=O) groups excluding carboxylic acids is 1. The van der Waals surface area contributed by atoms with Crippen LogP contribution >= 0.6 is 31.9 Å². The van der Waals surface area contributed by atoms with Gasteiger partial charge in [-0.15, -0.1) is 0 Å². The number of nitrogens with one attached hydrogen (secondary N) is 1. The fraction of sp³-hybridized carbons (Fsp3) is 0. The van der Waals surface area contributed by atoms with Gasteiger partial charge < -0.3 is 10.8 Å². The number of rotatable bonds is 2. The Labute approximate surface area is 119 Å². The van der Waals surface area contributed by atoms with Gasteiger partial charge in [0.05, 0.1) is 10.6 Å². The maximum absolute atomic E-state index is 11.7. The molecule has 0 aromatic heterocycles. The lowest BCUT2D eigenvalue weighted by atomic mass is 10.3. The normalized spacial score (nSPS) is 11.0. The lowest BCUT2D eigenvalue weighted by molar-refractivity contribution is -0.149. The van der Waals surface area contributed by atoms with Crippen LogP contribution in [0.25, 0.3) is 0 Å². The quantitative estimate of drug-likeness (QED) is 0.494. The largest absolute Gasteiger partial charge is 0.474 e. The van der Waals surface area contributed by atoms with Crippen molar-refractivity contribution in [2.24, 2.45) is 0 Å². The maximum Gasteiger partial charge on any atom is 0.395 e. The minimum Gasteiger partial charge on any atom is -0.474 e. The minimum atomic E-state index is -4.26. The van der Waals surface area contributed by atoms with Crippen LogP contribution in [-0.2, 0) is 19.6 Å². The summed E-state index contributed by atoms with van der Waals surface area (Å²) in [5, 5.41) is 8.33. The minimum absolute atomic E-state index is 0.276. The van der Waals surface area contributed by atoms with Gasteiger partial charge in [-0.2, -0.15) is 0 Å². The molecule has 0 aliphatic rings. The average molecular weight is 402 g/mol. The molecule has 0 atom stereocenters. The number of nitrogens with two attached hydrogens (primary N) is 1. The maximum atomic E-state index is 11.7. The van der Waals surface area contributed by atoms with Crippen LogP contribution in [-0.4, -0.2) is 25.4 Å². The topological polar surface area (TPSA) is 127 Å². The molecule has 1 amide bonds. The number of halogens is 2. The Morgan fingerprint density at radius 1 is 1.22 bits per heavy atom. The highest BCUT2D eigenvalue weighted by Gasteiger charge is 2.23. The molecule has 0 heterocycles. The van der Waals surface area contributed by atoms with Crippen LogP contribution in [0.5, 0.6) is 0 Å². The van der Waals surface area contributed by atoms with Crippen LogP contribution in [0.3, 0.4) is 0 Å². The summed E-state index contributed by atoms with van der Waals surface area (Å²) in [5.41, 5.74) is 5.85. The first-order chi connectivity index (χ1) is 8.15. The molecule has 0 saturated heterocycles. The van der Waals surface area contributed by atoms with E-state index in [2.05, 4.69) is 31.9 Å². The van der Waals surface area contributed by atoms with Gasteiger partial charge in [0.15, 0.2) is 0 Å². The van der Waals surface area contributed by atoms with E-state index in [0.717, 1.165) is 12.1 Å². The van der Waals surface area contributed by atoms with Crippen molar-refractivity contribution in [2.45, 2.75) is 4.90 Å². The predicted molar refractivity (Wildman–Crippen MR) is 69.2 cm³/mol. The Balaban J connectivity index is 3.22. The van der Waals surface area contributed by atoms with Gasteiger partial charge in [0.1, 0.15) is 0 Å². The van der Waals surface area contributed by atoms with E-state index < -0.39 is 21.9 Å². The molecule has 7 nitrogen and oxygen atoms in total. The van der Waals surface area contributed by atoms with Crippen LogP contribution in [0.1, 0.15) is 0 Å². The molecule has 0 unspecified atom stereocenters. The van der Waals surface area contributed by atoms with E-state index in [1.807, 2.05) is 0 Å². The highest BCUT2D eigenvalue weighted by atomic mass is 79.9. The predicted octanol–water partition coefficient (Wildman–Crippen LogP) is 0.683. The lowest BCUT2D eigenvalue weighted by Gasteiger charge is -2.08. The van der Waals surface area contributed by atoms with E-state index >= 15 is 0 Å². The van der Waals surface area contributed by atoms with Gasteiger partial charge in [0.2, 0.25) is 0 Å². The number of sulfonamides is 1. The highest BCUT2D eigenvalue weighted by molar-refractivity contribution is 9.11. The third-order valence-corrected chi connectivity index (χ3v) is 4.41. The Morgan fingerprint density at radius 3 is 2.06 bits per heavy atom. The number of carboxylic acid groups (broad SMARTS) is 1. The molecule has 98 valence electrons. The molecular formula is C8H6Br2N2O5S. The van der Waals surface area contributed by atoms with Crippen molar-refractivity contribution in [2.75, 3.05) is 5.73 Å². The number of aliphatic carboxylic acids is 1. The summed E-state index contributed by atoms with van der Waals surface area (Å²) in [6, 6.07) is 2.30. The summed E-state index contributed by atoms with van der Waals surface area (Å²) in [6.45, 7) is 0. The lowest BCUT2D eigenvalue weighted by Crippen LogP contribution is -2.35. The fourth-order valence-corrected chi connectivity index (χ4v) is 3.43. The number of carboxylic acids is 1. The van der Waals surface area contributed by atoms with Crippen LogP contribution < -0.4 is 10.5 Å². The molecule has 18 heavy (non-hydrogen) atoms. The van der Waals surface area contributed by atoms with Crippen molar-refractivity contribution in [3.05, 3.63) is 21.1 Å². The first-order valence-electron chi connectivity index (χ1n) is 4.19. The summed E-state index contributed by atoms with van der Waals surface area (Å²) < 4.78 is 25.4. The number of amides is 1. The Kier molecular flexibility index (Phi) is 4.35. The van der Waals surface area contributed by atoms with E-state index in [0.29, 0.717) is 8.95 Å². The van der Waals surface area contributed by atoms with Gasteiger partial charge in [-0.3, -0.25) is 4.79 Å². The monoisotopic (exact) mass is 400 g/mol. The van der Waals surface area contributed by atoms with Gasteiger partial charge in [-0.05, 0) is 44.0 Å². The molecule has 0 fully saturated rings. The standard InChI is InChI=1S/C8H6Br2N2O5S/c9-4-1-3(2-5(10)6(4)11)18(16,17)12-7(13)8(14)15/h1-2H,11H2,(H,12,13)(H,14,15). The number of benzene rings is 1. The zero-order chi connectivity index (χ0) is 14.1. The molecule has 1 aromatic carbocycles. The molecule has 0 radical (unpaired) electrons. The van der Waals surface area contributed by atoms with E-state index in [-0.39, 0.29) is 10.6 Å². The van der Waals surface area contributed by atoms with Gasteiger partial charge in [0, 0.05) is 8.95 Å². The summed E-state index contributed by atoms with van der Waals surface area (Å²) in [7, 11) is -4.26. The Morgan fingerprint density at radius 2 is 1.67 bits per heavy atom. The first kappa shape index (κ1) is 14.9. The summed E-state index contributed by atoms with van der Waals surface area (Å²) in [5.74, 6) is -3.54. The molecule has 0 aliphatic heterocycles. The summed E-state index contributed by atoms with van der Waals surface area (Å²) in [6.07, 6.45) is 0. The third-order valence-electron chi connectivity index (χ3n) is 1.78. The van der Waals surface area contributed by atoms with Gasteiger partial charge in [-0.25, -0.2) is 17.9 Å². The zero-order valence-corrected chi connectivity index (χ0v) is 12.5. The average Bonchev–Trinajstić information content (AvgIpc) is 2.24. The van der Waals surface area contributed by atoms with E-state index in [9.17, 15) is 18.0 Å². The molecule has 10 heteroatoms. The highest BCUT2D eigenvalue weighted by Crippen LogP contribution is 2.31. The molecule has 1 aromatic rings. The number of carbonyl (C=O) groups is 2. The number of anilines is 1. The van der Waals surface area contributed by atoms with E-state index in [4.69, 9.17) is 10.8 Å². The van der Waals surface area contributed by atoms with Crippen LogP contribution in [0.15, 0.2) is 26.0 Å². The molecular weight excluding hydrogens is 396 g/mol. The number of nitrogen functional groups attached to an aromatic ring is 1. The van der Waals surface area contributed by atoms with Gasteiger partial charge in [-0.1, -0.05) is 0 Å². The van der Waals surface area contributed by atoms with Crippen molar-refractivity contribution in [1.82, 2.24) is 4.72 Å².